The summed E-state index contributed by atoms with van der Waals surface area (Å²) in [6.07, 6.45) is 5.01. The Morgan fingerprint density at radius 1 is 1.48 bits per heavy atom. The first-order chi connectivity index (χ1) is 10.3. The van der Waals surface area contributed by atoms with Crippen LogP contribution < -0.4 is 5.32 Å². The molecule has 7 heteroatoms. The Balaban J connectivity index is 1.59. The first-order valence-electron chi connectivity index (χ1n) is 6.65. The molecule has 3 rings (SSSR count). The lowest BCUT2D eigenvalue weighted by atomic mass is 10.0. The van der Waals surface area contributed by atoms with Gasteiger partial charge >= 0.3 is 6.03 Å². The molecule has 1 aliphatic rings. The molecule has 0 saturated carbocycles. The molecule has 0 unspecified atom stereocenters. The summed E-state index contributed by atoms with van der Waals surface area (Å²) in [6, 6.07) is 3.55. The summed E-state index contributed by atoms with van der Waals surface area (Å²) in [7, 11) is 0. The maximum Gasteiger partial charge on any atom is 0.317 e. The zero-order valence-electron chi connectivity index (χ0n) is 11.4. The van der Waals surface area contributed by atoms with Gasteiger partial charge in [-0.3, -0.25) is 4.98 Å². The van der Waals surface area contributed by atoms with Crippen LogP contribution in [0.2, 0.25) is 0 Å². The highest BCUT2D eigenvalue weighted by molar-refractivity contribution is 5.75. The van der Waals surface area contributed by atoms with E-state index in [1.165, 1.54) is 0 Å². The predicted octanol–water partition coefficient (Wildman–Crippen LogP) is 1.43. The van der Waals surface area contributed by atoms with Gasteiger partial charge in [0, 0.05) is 37.6 Å². The second kappa shape index (κ2) is 5.74. The van der Waals surface area contributed by atoms with E-state index in [0.29, 0.717) is 31.3 Å². The van der Waals surface area contributed by atoms with Gasteiger partial charge in [0.25, 0.3) is 0 Å². The Labute approximate surface area is 121 Å². The van der Waals surface area contributed by atoms with E-state index in [4.69, 9.17) is 4.52 Å². The Morgan fingerprint density at radius 2 is 2.24 bits per heavy atom. The molecule has 0 aliphatic carbocycles. The van der Waals surface area contributed by atoms with E-state index < -0.39 is 0 Å². The molecule has 0 spiro atoms. The molecule has 0 bridgehead atoms. The van der Waals surface area contributed by atoms with Crippen LogP contribution in [0.15, 0.2) is 41.7 Å². The number of rotatable bonds is 4. The maximum absolute atomic E-state index is 11.7. The number of amides is 2. The molecule has 2 amide bonds. The summed E-state index contributed by atoms with van der Waals surface area (Å²) >= 11 is 0. The van der Waals surface area contributed by atoms with Crippen LogP contribution in [0.5, 0.6) is 0 Å². The molecule has 7 nitrogen and oxygen atoms in total. The summed E-state index contributed by atoms with van der Waals surface area (Å²) in [5, 5.41) is 6.70. The van der Waals surface area contributed by atoms with Crippen molar-refractivity contribution in [2.24, 2.45) is 0 Å². The minimum absolute atomic E-state index is 0.0972. The molecule has 0 radical (unpaired) electrons. The van der Waals surface area contributed by atoms with Crippen molar-refractivity contribution < 1.29 is 9.32 Å². The number of pyridine rings is 1. The molecule has 0 atom stereocenters. The largest absolute Gasteiger partial charge is 0.339 e. The van der Waals surface area contributed by atoms with Gasteiger partial charge in [-0.05, 0) is 12.1 Å². The third kappa shape index (κ3) is 2.76. The fourth-order valence-electron chi connectivity index (χ4n) is 2.09. The van der Waals surface area contributed by atoms with Gasteiger partial charge < -0.3 is 14.7 Å². The van der Waals surface area contributed by atoms with E-state index in [-0.39, 0.29) is 11.9 Å². The number of nitrogens with zero attached hydrogens (tertiary/aromatic N) is 4. The third-order valence-corrected chi connectivity index (χ3v) is 3.30. The predicted molar refractivity (Wildman–Crippen MR) is 75.4 cm³/mol. The van der Waals surface area contributed by atoms with Crippen LogP contribution in [0.25, 0.3) is 11.4 Å². The molecule has 2 aromatic rings. The van der Waals surface area contributed by atoms with E-state index in [1.807, 2.05) is 12.1 Å². The van der Waals surface area contributed by atoms with Gasteiger partial charge in [-0.2, -0.15) is 4.98 Å². The number of nitrogens with one attached hydrogen (secondary N) is 1. The smallest absolute Gasteiger partial charge is 0.317 e. The van der Waals surface area contributed by atoms with Crippen molar-refractivity contribution in [3.8, 4) is 11.4 Å². The molecular weight excluding hydrogens is 270 g/mol. The molecule has 1 fully saturated rings. The zero-order chi connectivity index (χ0) is 14.7. The number of hydrogen-bond acceptors (Lipinski definition) is 5. The molecule has 108 valence electrons. The molecule has 2 aromatic heterocycles. The summed E-state index contributed by atoms with van der Waals surface area (Å²) < 4.78 is 5.28. The topological polar surface area (TPSA) is 84.2 Å². The second-order valence-corrected chi connectivity index (χ2v) is 4.77. The molecule has 1 saturated heterocycles. The Bertz CT molecular complexity index is 634. The number of aromatic nitrogens is 3. The molecule has 1 aliphatic heterocycles. The summed E-state index contributed by atoms with van der Waals surface area (Å²) in [5.74, 6) is 1.21. The highest BCUT2D eigenvalue weighted by atomic mass is 16.5. The fourth-order valence-corrected chi connectivity index (χ4v) is 2.09. The van der Waals surface area contributed by atoms with Crippen molar-refractivity contribution in [3.63, 3.8) is 0 Å². The monoisotopic (exact) mass is 285 g/mol. The minimum Gasteiger partial charge on any atom is -0.339 e. The maximum atomic E-state index is 11.7. The third-order valence-electron chi connectivity index (χ3n) is 3.30. The molecule has 1 N–H and O–H groups in total. The molecule has 0 aromatic carbocycles. The minimum atomic E-state index is -0.0972. The summed E-state index contributed by atoms with van der Waals surface area (Å²) in [5.41, 5.74) is 0.861. The number of carbonyl (C=O) groups excluding carboxylic acids is 1. The Hall–Kier alpha value is -2.70. The molecule has 3 heterocycles. The van der Waals surface area contributed by atoms with Crippen LogP contribution in [-0.4, -0.2) is 45.7 Å². The van der Waals surface area contributed by atoms with E-state index >= 15 is 0 Å². The van der Waals surface area contributed by atoms with Crippen LogP contribution in [-0.2, 0) is 0 Å². The van der Waals surface area contributed by atoms with Gasteiger partial charge in [-0.15, -0.1) is 6.58 Å². The van der Waals surface area contributed by atoms with E-state index in [1.54, 1.807) is 23.4 Å². The lowest BCUT2D eigenvalue weighted by Crippen LogP contribution is -2.52. The lowest BCUT2D eigenvalue weighted by molar-refractivity contribution is 0.137. The average Bonchev–Trinajstić information content (AvgIpc) is 2.94. The van der Waals surface area contributed by atoms with Crippen molar-refractivity contribution in [2.75, 3.05) is 19.6 Å². The molecule has 21 heavy (non-hydrogen) atoms. The fraction of sp³-hybridized carbons (Fsp3) is 0.286. The summed E-state index contributed by atoms with van der Waals surface area (Å²) in [4.78, 5) is 21.7. The van der Waals surface area contributed by atoms with Gasteiger partial charge in [-0.1, -0.05) is 11.2 Å². The molecular formula is C14H15N5O2. The highest BCUT2D eigenvalue weighted by Crippen LogP contribution is 2.27. The van der Waals surface area contributed by atoms with Crippen LogP contribution in [0.3, 0.4) is 0 Å². The van der Waals surface area contributed by atoms with E-state index in [9.17, 15) is 4.79 Å². The SMILES string of the molecule is C=CCNC(=O)N1CC(c2nc(-c3ccncc3)no2)C1. The van der Waals surface area contributed by atoms with Crippen LogP contribution >= 0.6 is 0 Å². The van der Waals surface area contributed by atoms with Crippen molar-refractivity contribution in [1.82, 2.24) is 25.3 Å². The van der Waals surface area contributed by atoms with E-state index in [0.717, 1.165) is 5.56 Å². The van der Waals surface area contributed by atoms with Gasteiger partial charge in [0.15, 0.2) is 0 Å². The van der Waals surface area contributed by atoms with Gasteiger partial charge in [0.1, 0.15) is 0 Å². The Morgan fingerprint density at radius 3 is 2.95 bits per heavy atom. The average molecular weight is 285 g/mol. The lowest BCUT2D eigenvalue weighted by Gasteiger charge is -2.36. The number of hydrogen-bond donors (Lipinski definition) is 1. The van der Waals surface area contributed by atoms with Crippen molar-refractivity contribution in [1.29, 1.82) is 0 Å². The highest BCUT2D eigenvalue weighted by Gasteiger charge is 2.35. The zero-order valence-corrected chi connectivity index (χ0v) is 11.4. The quantitative estimate of drug-likeness (QED) is 0.859. The van der Waals surface area contributed by atoms with Gasteiger partial charge in [0.2, 0.25) is 11.7 Å². The van der Waals surface area contributed by atoms with Crippen LogP contribution in [0.4, 0.5) is 4.79 Å². The van der Waals surface area contributed by atoms with Crippen molar-refractivity contribution in [2.45, 2.75) is 5.92 Å². The normalized spacial score (nSPS) is 14.6. The Kier molecular flexibility index (Phi) is 3.63. The summed E-state index contributed by atoms with van der Waals surface area (Å²) in [6.45, 7) is 5.19. The number of carbonyl (C=O) groups is 1. The van der Waals surface area contributed by atoms with Gasteiger partial charge in [0.05, 0.1) is 5.92 Å². The van der Waals surface area contributed by atoms with Crippen molar-refractivity contribution in [3.05, 3.63) is 43.1 Å². The number of urea groups is 1. The number of likely N-dealkylation sites (tertiary alicyclic amines) is 1. The van der Waals surface area contributed by atoms with Crippen molar-refractivity contribution >= 4 is 6.03 Å². The standard InChI is InChI=1S/C14H15N5O2/c1-2-5-16-14(20)19-8-11(9-19)13-17-12(18-21-13)10-3-6-15-7-4-10/h2-4,6-7,11H,1,5,8-9H2,(H,16,20). The first kappa shape index (κ1) is 13.3. The van der Waals surface area contributed by atoms with Crippen LogP contribution in [0.1, 0.15) is 11.8 Å². The van der Waals surface area contributed by atoms with Crippen LogP contribution in [0, 0.1) is 0 Å². The second-order valence-electron chi connectivity index (χ2n) is 4.77. The van der Waals surface area contributed by atoms with E-state index in [2.05, 4.69) is 27.0 Å². The van der Waals surface area contributed by atoms with Gasteiger partial charge in [-0.25, -0.2) is 4.79 Å². The first-order valence-corrected chi connectivity index (χ1v) is 6.65.